The summed E-state index contributed by atoms with van der Waals surface area (Å²) in [5.41, 5.74) is 1.19. The maximum absolute atomic E-state index is 12.5. The molecule has 1 aromatic carbocycles. The van der Waals surface area contributed by atoms with Gasteiger partial charge < -0.3 is 10.1 Å². The van der Waals surface area contributed by atoms with Gasteiger partial charge in [0.25, 0.3) is 15.9 Å². The molecule has 2 heterocycles. The molecule has 0 saturated carbocycles. The van der Waals surface area contributed by atoms with E-state index in [1.807, 2.05) is 0 Å². The van der Waals surface area contributed by atoms with Crippen molar-refractivity contribution in [1.82, 2.24) is 15.0 Å². The van der Waals surface area contributed by atoms with Crippen molar-refractivity contribution >= 4 is 33.5 Å². The summed E-state index contributed by atoms with van der Waals surface area (Å²) < 4.78 is 32.6. The Labute approximate surface area is 185 Å². The molecule has 11 heteroatoms. The van der Waals surface area contributed by atoms with Gasteiger partial charge in [0, 0.05) is 30.0 Å². The van der Waals surface area contributed by atoms with E-state index >= 15 is 0 Å². The second kappa shape index (κ2) is 9.96. The minimum atomic E-state index is -3.91. The molecule has 2 aromatic heterocycles. The van der Waals surface area contributed by atoms with Crippen molar-refractivity contribution in [3.05, 3.63) is 72.3 Å². The molecule has 1 amide bonds. The van der Waals surface area contributed by atoms with E-state index in [1.54, 1.807) is 26.0 Å². The summed E-state index contributed by atoms with van der Waals surface area (Å²) in [7, 11) is -3.91. The molecule has 2 N–H and O–H groups in total. The van der Waals surface area contributed by atoms with Gasteiger partial charge in [-0.25, -0.2) is 27.9 Å². The van der Waals surface area contributed by atoms with Crippen LogP contribution in [0.25, 0.3) is 0 Å². The lowest BCUT2D eigenvalue weighted by Crippen LogP contribution is -2.32. The number of aromatic nitrogens is 3. The summed E-state index contributed by atoms with van der Waals surface area (Å²) in [5.74, 6) is -1.23. The van der Waals surface area contributed by atoms with E-state index in [4.69, 9.17) is 4.74 Å². The molecule has 3 aromatic rings. The molecule has 0 aliphatic carbocycles. The summed E-state index contributed by atoms with van der Waals surface area (Å²) in [4.78, 5) is 36.4. The zero-order chi connectivity index (χ0) is 23.1. The molecule has 1 atom stereocenters. The van der Waals surface area contributed by atoms with Gasteiger partial charge >= 0.3 is 5.97 Å². The highest BCUT2D eigenvalue weighted by molar-refractivity contribution is 7.92. The number of sulfonamides is 1. The second-order valence-electron chi connectivity index (χ2n) is 6.68. The lowest BCUT2D eigenvalue weighted by atomic mass is 10.2. The Morgan fingerprint density at radius 3 is 2.47 bits per heavy atom. The number of rotatable bonds is 8. The number of hydrogen-bond acceptors (Lipinski definition) is 8. The molecule has 0 aliphatic rings. The van der Waals surface area contributed by atoms with Crippen molar-refractivity contribution in [2.24, 2.45) is 0 Å². The van der Waals surface area contributed by atoms with Crippen LogP contribution in [0.15, 0.2) is 66.0 Å². The molecule has 32 heavy (non-hydrogen) atoms. The number of pyridine rings is 1. The number of benzene rings is 1. The number of ether oxygens (including phenoxy) is 1. The first-order valence-electron chi connectivity index (χ1n) is 9.63. The molecule has 0 spiro atoms. The van der Waals surface area contributed by atoms with Gasteiger partial charge in [0.15, 0.2) is 6.10 Å². The van der Waals surface area contributed by atoms with E-state index in [-0.39, 0.29) is 22.8 Å². The van der Waals surface area contributed by atoms with Crippen LogP contribution in [0.1, 0.15) is 29.4 Å². The zero-order valence-electron chi connectivity index (χ0n) is 17.3. The zero-order valence-corrected chi connectivity index (χ0v) is 18.2. The number of esters is 1. The standard InChI is InChI=1S/C21H21N5O5S/c1-3-18(31-20(28)15-5-4-11-22-13-15)19(27)25-16-6-8-17(9-7-16)32(29,30)26-21-23-12-10-14(2)24-21/h4-13,18H,3H2,1-2H3,(H,25,27)(H,23,24,26). The summed E-state index contributed by atoms with van der Waals surface area (Å²) in [6.45, 7) is 3.42. The lowest BCUT2D eigenvalue weighted by Gasteiger charge is -2.16. The minimum absolute atomic E-state index is 0.0318. The smallest absolute Gasteiger partial charge is 0.340 e. The number of hydrogen-bond donors (Lipinski definition) is 2. The molecule has 1 unspecified atom stereocenters. The Morgan fingerprint density at radius 2 is 1.84 bits per heavy atom. The van der Waals surface area contributed by atoms with Gasteiger partial charge in [0.05, 0.1) is 10.5 Å². The highest BCUT2D eigenvalue weighted by Crippen LogP contribution is 2.17. The third kappa shape index (κ3) is 5.85. The fourth-order valence-corrected chi connectivity index (χ4v) is 3.57. The van der Waals surface area contributed by atoms with E-state index in [0.717, 1.165) is 0 Å². The molecular weight excluding hydrogens is 434 g/mol. The summed E-state index contributed by atoms with van der Waals surface area (Å²) >= 11 is 0. The molecule has 0 saturated heterocycles. The molecule has 0 fully saturated rings. The third-order valence-corrected chi connectivity index (χ3v) is 5.61. The van der Waals surface area contributed by atoms with Gasteiger partial charge in [-0.2, -0.15) is 0 Å². The topological polar surface area (TPSA) is 140 Å². The third-order valence-electron chi connectivity index (χ3n) is 4.26. The minimum Gasteiger partial charge on any atom is -0.449 e. The van der Waals surface area contributed by atoms with Crippen LogP contribution in [-0.4, -0.2) is 41.4 Å². The Bertz CT molecular complexity index is 1200. The Balaban J connectivity index is 1.65. The summed E-state index contributed by atoms with van der Waals surface area (Å²) in [6.07, 6.45) is 3.55. The highest BCUT2D eigenvalue weighted by Gasteiger charge is 2.22. The summed E-state index contributed by atoms with van der Waals surface area (Å²) in [6, 6.07) is 10.3. The molecule has 166 valence electrons. The maximum Gasteiger partial charge on any atom is 0.340 e. The summed E-state index contributed by atoms with van der Waals surface area (Å²) in [5, 5.41) is 2.61. The predicted octanol–water partition coefficient (Wildman–Crippen LogP) is 2.55. The van der Waals surface area contributed by atoms with E-state index in [2.05, 4.69) is 25.0 Å². The Morgan fingerprint density at radius 1 is 1.09 bits per heavy atom. The van der Waals surface area contributed by atoms with Crippen LogP contribution in [0, 0.1) is 6.92 Å². The highest BCUT2D eigenvalue weighted by atomic mass is 32.2. The van der Waals surface area contributed by atoms with Crippen molar-refractivity contribution in [3.8, 4) is 0 Å². The van der Waals surface area contributed by atoms with Crippen molar-refractivity contribution in [2.75, 3.05) is 10.0 Å². The van der Waals surface area contributed by atoms with E-state index in [1.165, 1.54) is 48.9 Å². The average molecular weight is 455 g/mol. The SMILES string of the molecule is CCC(OC(=O)c1cccnc1)C(=O)Nc1ccc(S(=O)(=O)Nc2nccc(C)n2)cc1. The van der Waals surface area contributed by atoms with E-state index in [9.17, 15) is 18.0 Å². The molecule has 0 bridgehead atoms. The van der Waals surface area contributed by atoms with Crippen molar-refractivity contribution in [3.63, 3.8) is 0 Å². The van der Waals surface area contributed by atoms with Crippen molar-refractivity contribution in [2.45, 2.75) is 31.3 Å². The normalized spacial score (nSPS) is 11.9. The monoisotopic (exact) mass is 455 g/mol. The number of nitrogens with zero attached hydrogens (tertiary/aromatic N) is 3. The van der Waals surface area contributed by atoms with Gasteiger partial charge in [-0.15, -0.1) is 0 Å². The largest absolute Gasteiger partial charge is 0.449 e. The molecule has 3 rings (SSSR count). The number of aryl methyl sites for hydroxylation is 1. The van der Waals surface area contributed by atoms with Crippen LogP contribution < -0.4 is 10.0 Å². The van der Waals surface area contributed by atoms with E-state index < -0.39 is 28.0 Å². The molecule has 0 aliphatic heterocycles. The van der Waals surface area contributed by atoms with Gasteiger partial charge in [0.2, 0.25) is 5.95 Å². The average Bonchev–Trinajstić information content (AvgIpc) is 2.78. The molecule has 0 radical (unpaired) electrons. The first kappa shape index (κ1) is 22.8. The quantitative estimate of drug-likeness (QED) is 0.494. The number of carbonyl (C=O) groups is 2. The van der Waals surface area contributed by atoms with Crippen molar-refractivity contribution in [1.29, 1.82) is 0 Å². The maximum atomic E-state index is 12.5. The van der Waals surface area contributed by atoms with Gasteiger partial charge in [-0.05, 0) is 55.8 Å². The number of nitrogens with one attached hydrogen (secondary N) is 2. The van der Waals surface area contributed by atoms with Crippen LogP contribution >= 0.6 is 0 Å². The first-order valence-corrected chi connectivity index (χ1v) is 11.1. The molecule has 10 nitrogen and oxygen atoms in total. The van der Waals surface area contributed by atoms with Crippen LogP contribution in [0.2, 0.25) is 0 Å². The van der Waals surface area contributed by atoms with Gasteiger partial charge in [-0.3, -0.25) is 9.78 Å². The number of carbonyl (C=O) groups excluding carboxylic acids is 2. The fourth-order valence-electron chi connectivity index (χ4n) is 2.62. The number of amides is 1. The van der Waals surface area contributed by atoms with Crippen LogP contribution in [0.3, 0.4) is 0 Å². The first-order chi connectivity index (χ1) is 15.3. The number of anilines is 2. The van der Waals surface area contributed by atoms with Crippen LogP contribution in [0.4, 0.5) is 11.6 Å². The molecular formula is C21H21N5O5S. The van der Waals surface area contributed by atoms with E-state index in [0.29, 0.717) is 11.4 Å². The van der Waals surface area contributed by atoms with Crippen LogP contribution in [0.5, 0.6) is 0 Å². The van der Waals surface area contributed by atoms with Crippen LogP contribution in [-0.2, 0) is 19.6 Å². The van der Waals surface area contributed by atoms with Crippen molar-refractivity contribution < 1.29 is 22.7 Å². The Hall–Kier alpha value is -3.86. The lowest BCUT2D eigenvalue weighted by molar-refractivity contribution is -0.124. The van der Waals surface area contributed by atoms with Gasteiger partial charge in [0.1, 0.15) is 0 Å². The fraction of sp³-hybridized carbons (Fsp3) is 0.190. The predicted molar refractivity (Wildman–Crippen MR) is 116 cm³/mol. The van der Waals surface area contributed by atoms with Gasteiger partial charge in [-0.1, -0.05) is 6.92 Å². The Kier molecular flexibility index (Phi) is 7.11. The second-order valence-corrected chi connectivity index (χ2v) is 8.37.